The van der Waals surface area contributed by atoms with Crippen LogP contribution in [-0.4, -0.2) is 17.1 Å². The van der Waals surface area contributed by atoms with E-state index in [1.165, 1.54) is 11.3 Å². The molecule has 0 amide bonds. The van der Waals surface area contributed by atoms with E-state index in [4.69, 9.17) is 16.3 Å². The number of benzene rings is 1. The lowest BCUT2D eigenvalue weighted by molar-refractivity contribution is -0.142. The Bertz CT molecular complexity index is 608. The quantitative estimate of drug-likeness (QED) is 0.789. The second-order valence-electron chi connectivity index (χ2n) is 4.62. The molecule has 0 radical (unpaired) electrons. The molecular formula is C14H12ClNO2S. The maximum atomic E-state index is 11.7. The summed E-state index contributed by atoms with van der Waals surface area (Å²) < 4.78 is 5.17. The van der Waals surface area contributed by atoms with E-state index in [0.29, 0.717) is 11.4 Å². The van der Waals surface area contributed by atoms with Crippen LogP contribution in [0.3, 0.4) is 0 Å². The number of thiazole rings is 1. The minimum Gasteiger partial charge on any atom is -0.462 e. The molecule has 0 saturated carbocycles. The van der Waals surface area contributed by atoms with E-state index in [2.05, 4.69) is 4.98 Å². The van der Waals surface area contributed by atoms with Crippen molar-refractivity contribution < 1.29 is 9.53 Å². The first-order valence-corrected chi connectivity index (χ1v) is 7.31. The van der Waals surface area contributed by atoms with E-state index < -0.39 is 0 Å². The summed E-state index contributed by atoms with van der Waals surface area (Å²) in [5.74, 6) is -0.382. The van der Waals surface area contributed by atoms with Crippen molar-refractivity contribution in [1.29, 1.82) is 0 Å². The van der Waals surface area contributed by atoms with Crippen molar-refractivity contribution in [2.75, 3.05) is 0 Å². The van der Waals surface area contributed by atoms with Gasteiger partial charge in [0.25, 0.3) is 0 Å². The summed E-state index contributed by atoms with van der Waals surface area (Å²) in [6.07, 6.45) is 0.695. The van der Waals surface area contributed by atoms with Gasteiger partial charge >= 0.3 is 5.97 Å². The molecule has 98 valence electrons. The van der Waals surface area contributed by atoms with Crippen LogP contribution in [-0.2, 0) is 9.53 Å². The Morgan fingerprint density at radius 1 is 1.37 bits per heavy atom. The second-order valence-corrected chi connectivity index (χ2v) is 5.91. The van der Waals surface area contributed by atoms with Gasteiger partial charge in [-0.1, -0.05) is 23.7 Å². The largest absolute Gasteiger partial charge is 0.462 e. The lowest BCUT2D eigenvalue weighted by Crippen LogP contribution is -2.05. The Morgan fingerprint density at radius 2 is 2.11 bits per heavy atom. The van der Waals surface area contributed by atoms with Crippen molar-refractivity contribution >= 4 is 28.9 Å². The van der Waals surface area contributed by atoms with Crippen molar-refractivity contribution in [2.24, 2.45) is 0 Å². The summed E-state index contributed by atoms with van der Waals surface area (Å²) in [5.41, 5.74) is 1.82. The molecule has 19 heavy (non-hydrogen) atoms. The molecule has 1 aromatic heterocycles. The van der Waals surface area contributed by atoms with Crippen LogP contribution in [0, 0.1) is 0 Å². The van der Waals surface area contributed by atoms with Gasteiger partial charge < -0.3 is 4.74 Å². The summed E-state index contributed by atoms with van der Waals surface area (Å²) in [6.45, 7) is 1.91. The van der Waals surface area contributed by atoms with Crippen LogP contribution < -0.4 is 0 Å². The normalized spacial score (nSPS) is 22.5. The molecular weight excluding hydrogens is 282 g/mol. The van der Waals surface area contributed by atoms with Crippen molar-refractivity contribution in [1.82, 2.24) is 4.98 Å². The van der Waals surface area contributed by atoms with Crippen LogP contribution >= 0.6 is 22.9 Å². The van der Waals surface area contributed by atoms with Gasteiger partial charge in [-0.2, -0.15) is 0 Å². The predicted octanol–water partition coefficient (Wildman–Crippen LogP) is 3.88. The number of carbonyl (C=O) groups is 1. The monoisotopic (exact) mass is 293 g/mol. The lowest BCUT2D eigenvalue weighted by atomic mass is 10.0. The molecule has 0 N–H and O–H groups in total. The maximum absolute atomic E-state index is 11.7. The van der Waals surface area contributed by atoms with E-state index in [0.717, 1.165) is 16.3 Å². The molecule has 0 bridgehead atoms. The third kappa shape index (κ3) is 2.51. The van der Waals surface area contributed by atoms with Gasteiger partial charge in [0, 0.05) is 22.4 Å². The van der Waals surface area contributed by atoms with E-state index in [1.807, 2.05) is 36.6 Å². The van der Waals surface area contributed by atoms with Crippen molar-refractivity contribution in [3.05, 3.63) is 40.4 Å². The highest BCUT2D eigenvalue weighted by molar-refractivity contribution is 7.13. The molecule has 1 aromatic carbocycles. The molecule has 1 aliphatic rings. The zero-order chi connectivity index (χ0) is 13.4. The van der Waals surface area contributed by atoms with Crippen LogP contribution in [0.25, 0.3) is 10.6 Å². The summed E-state index contributed by atoms with van der Waals surface area (Å²) in [6, 6.07) is 7.54. The first-order chi connectivity index (χ1) is 9.13. The Labute approximate surface area is 120 Å². The highest BCUT2D eigenvalue weighted by atomic mass is 35.5. The zero-order valence-corrected chi connectivity index (χ0v) is 11.9. The van der Waals surface area contributed by atoms with Crippen LogP contribution in [0.4, 0.5) is 0 Å². The number of nitrogens with zero attached hydrogens (tertiary/aromatic N) is 1. The summed E-state index contributed by atoms with van der Waals surface area (Å²) >= 11 is 7.40. The molecule has 0 aliphatic carbocycles. The number of hydrogen-bond donors (Lipinski definition) is 0. The van der Waals surface area contributed by atoms with Gasteiger partial charge in [0.05, 0.1) is 5.69 Å². The molecule has 2 atom stereocenters. The maximum Gasteiger partial charge on any atom is 0.315 e. The third-order valence-electron chi connectivity index (χ3n) is 3.14. The smallest absolute Gasteiger partial charge is 0.315 e. The van der Waals surface area contributed by atoms with Crippen LogP contribution in [0.2, 0.25) is 5.02 Å². The Balaban J connectivity index is 1.87. The average Bonchev–Trinajstić information content (AvgIpc) is 2.97. The molecule has 2 unspecified atom stereocenters. The van der Waals surface area contributed by atoms with Gasteiger partial charge in [-0.05, 0) is 19.1 Å². The first kappa shape index (κ1) is 12.6. The highest BCUT2D eigenvalue weighted by Gasteiger charge is 2.34. The van der Waals surface area contributed by atoms with E-state index >= 15 is 0 Å². The van der Waals surface area contributed by atoms with Gasteiger partial charge in [-0.3, -0.25) is 4.79 Å². The van der Waals surface area contributed by atoms with Gasteiger partial charge in [-0.15, -0.1) is 11.3 Å². The van der Waals surface area contributed by atoms with Crippen molar-refractivity contribution in [3.63, 3.8) is 0 Å². The molecule has 3 rings (SSSR count). The number of hydrogen-bond acceptors (Lipinski definition) is 4. The summed E-state index contributed by atoms with van der Waals surface area (Å²) in [5, 5.41) is 3.54. The number of halogens is 1. The Kier molecular flexibility index (Phi) is 3.29. The SMILES string of the molecule is CC1CC(c2csc(-c3ccc(Cl)cc3)n2)C(=O)O1. The van der Waals surface area contributed by atoms with Crippen molar-refractivity contribution in [3.8, 4) is 10.6 Å². The van der Waals surface area contributed by atoms with Crippen LogP contribution in [0.15, 0.2) is 29.6 Å². The molecule has 2 aromatic rings. The van der Waals surface area contributed by atoms with Crippen molar-refractivity contribution in [2.45, 2.75) is 25.4 Å². The summed E-state index contributed by atoms with van der Waals surface area (Å²) in [7, 11) is 0. The van der Waals surface area contributed by atoms with Crippen LogP contribution in [0.5, 0.6) is 0 Å². The van der Waals surface area contributed by atoms with Gasteiger partial charge in [0.2, 0.25) is 0 Å². The predicted molar refractivity (Wildman–Crippen MR) is 75.5 cm³/mol. The first-order valence-electron chi connectivity index (χ1n) is 6.05. The second kappa shape index (κ2) is 4.94. The minimum absolute atomic E-state index is 0.0156. The average molecular weight is 294 g/mol. The molecule has 3 nitrogen and oxygen atoms in total. The topological polar surface area (TPSA) is 39.2 Å². The fourth-order valence-electron chi connectivity index (χ4n) is 2.17. The number of aromatic nitrogens is 1. The zero-order valence-electron chi connectivity index (χ0n) is 10.3. The highest BCUT2D eigenvalue weighted by Crippen LogP contribution is 2.34. The lowest BCUT2D eigenvalue weighted by Gasteiger charge is -2.00. The number of cyclic esters (lactones) is 1. The Morgan fingerprint density at radius 3 is 2.74 bits per heavy atom. The fraction of sp³-hybridized carbons (Fsp3) is 0.286. The number of rotatable bonds is 2. The molecule has 1 saturated heterocycles. The van der Waals surface area contributed by atoms with Crippen LogP contribution in [0.1, 0.15) is 25.0 Å². The summed E-state index contributed by atoms with van der Waals surface area (Å²) in [4.78, 5) is 16.3. The van der Waals surface area contributed by atoms with Gasteiger partial charge in [-0.25, -0.2) is 4.98 Å². The Hall–Kier alpha value is -1.39. The third-order valence-corrected chi connectivity index (χ3v) is 4.30. The van der Waals surface area contributed by atoms with Gasteiger partial charge in [0.15, 0.2) is 0 Å². The van der Waals surface area contributed by atoms with E-state index in [-0.39, 0.29) is 18.0 Å². The molecule has 1 aliphatic heterocycles. The van der Waals surface area contributed by atoms with E-state index in [9.17, 15) is 4.79 Å². The molecule has 2 heterocycles. The number of esters is 1. The number of carbonyl (C=O) groups excluding carboxylic acids is 1. The fourth-order valence-corrected chi connectivity index (χ4v) is 3.18. The molecule has 1 fully saturated rings. The minimum atomic E-state index is -0.215. The van der Waals surface area contributed by atoms with Gasteiger partial charge in [0.1, 0.15) is 17.0 Å². The van der Waals surface area contributed by atoms with E-state index in [1.54, 1.807) is 0 Å². The molecule has 5 heteroatoms. The standard InChI is InChI=1S/C14H12ClNO2S/c1-8-6-11(14(17)18-8)12-7-19-13(16-12)9-2-4-10(15)5-3-9/h2-5,7-8,11H,6H2,1H3. The number of ether oxygens (including phenoxy) is 1. The molecule has 0 spiro atoms.